The summed E-state index contributed by atoms with van der Waals surface area (Å²) in [5, 5.41) is 0. The highest BCUT2D eigenvalue weighted by Crippen LogP contribution is 2.29. The van der Waals surface area contributed by atoms with Crippen molar-refractivity contribution in [2.75, 3.05) is 19.7 Å². The van der Waals surface area contributed by atoms with Crippen LogP contribution in [0.15, 0.2) is 23.1 Å². The second-order valence-corrected chi connectivity index (χ2v) is 9.33. The third-order valence-corrected chi connectivity index (χ3v) is 6.70. The molecule has 9 nitrogen and oxygen atoms in total. The van der Waals surface area contributed by atoms with Crippen molar-refractivity contribution in [1.29, 1.82) is 0 Å². The number of esters is 1. The van der Waals surface area contributed by atoms with E-state index in [2.05, 4.69) is 13.5 Å². The number of aromatic nitrogens is 2. The lowest BCUT2D eigenvalue weighted by Crippen LogP contribution is -2.42. The van der Waals surface area contributed by atoms with Gasteiger partial charge >= 0.3 is 5.97 Å². The fourth-order valence-corrected chi connectivity index (χ4v) is 4.85. The molecule has 1 aliphatic rings. The molecular formula is C18H24N4O5S2. The third-order valence-electron chi connectivity index (χ3n) is 4.58. The van der Waals surface area contributed by atoms with E-state index in [1.165, 1.54) is 13.0 Å². The first-order chi connectivity index (χ1) is 13.8. The number of ether oxygens (including phenoxy) is 1. The summed E-state index contributed by atoms with van der Waals surface area (Å²) in [6.07, 6.45) is 3.06. The van der Waals surface area contributed by atoms with Crippen molar-refractivity contribution in [2.45, 2.75) is 44.0 Å². The maximum atomic E-state index is 12.7. The van der Waals surface area contributed by atoms with Crippen molar-refractivity contribution in [3.8, 4) is 0 Å². The van der Waals surface area contributed by atoms with E-state index in [-0.39, 0.29) is 16.3 Å². The number of hydrogen-bond donors (Lipinski definition) is 1. The summed E-state index contributed by atoms with van der Waals surface area (Å²) in [4.78, 5) is 26.2. The van der Waals surface area contributed by atoms with Gasteiger partial charge in [0.2, 0.25) is 10.0 Å². The Morgan fingerprint density at radius 1 is 1.34 bits per heavy atom. The zero-order valence-electron chi connectivity index (χ0n) is 16.3. The van der Waals surface area contributed by atoms with E-state index >= 15 is 0 Å². The minimum absolute atomic E-state index is 0.0574. The molecule has 0 spiro atoms. The van der Waals surface area contributed by atoms with E-state index in [1.54, 1.807) is 17.0 Å². The van der Waals surface area contributed by atoms with Crippen molar-refractivity contribution in [3.63, 3.8) is 0 Å². The molecule has 0 saturated heterocycles. The first-order valence-corrected chi connectivity index (χ1v) is 11.7. The Morgan fingerprint density at radius 3 is 2.79 bits per heavy atom. The molecule has 158 valence electrons. The van der Waals surface area contributed by atoms with Gasteiger partial charge in [0.1, 0.15) is 22.0 Å². The van der Waals surface area contributed by atoms with Gasteiger partial charge in [-0.05, 0) is 44.2 Å². The molecule has 1 N–H and O–H groups in total. The Bertz CT molecular complexity index is 987. The smallest absolute Gasteiger partial charge is 0.324 e. The topological polar surface area (TPSA) is 119 Å². The van der Waals surface area contributed by atoms with Crippen molar-refractivity contribution < 1.29 is 22.7 Å². The summed E-state index contributed by atoms with van der Waals surface area (Å²) < 4.78 is 40.7. The van der Waals surface area contributed by atoms with Gasteiger partial charge in [0.05, 0.1) is 11.7 Å². The zero-order chi connectivity index (χ0) is 21.0. The van der Waals surface area contributed by atoms with E-state index < -0.39 is 28.6 Å². The normalized spacial score (nSPS) is 15.2. The van der Waals surface area contributed by atoms with Gasteiger partial charge in [0.15, 0.2) is 6.61 Å². The second kappa shape index (κ2) is 9.14. The number of carbonyl (C=O) groups excluding carboxylic acids is 2. The van der Waals surface area contributed by atoms with E-state index in [0.29, 0.717) is 24.5 Å². The van der Waals surface area contributed by atoms with Crippen molar-refractivity contribution in [2.24, 2.45) is 5.92 Å². The quantitative estimate of drug-likeness (QED) is 0.557. The Kier molecular flexibility index (Phi) is 6.81. The lowest BCUT2D eigenvalue weighted by atomic mass is 10.3. The summed E-state index contributed by atoms with van der Waals surface area (Å²) >= 11 is 0.909. The number of nitrogens with zero attached hydrogens (tertiary/aromatic N) is 3. The SMILES string of the molecule is CCCN(CC1CC1)C(=O)COC(=O)[C@H](C)NS(=O)(=O)c1cccc2nsnc12. The van der Waals surface area contributed by atoms with E-state index in [9.17, 15) is 18.0 Å². The largest absolute Gasteiger partial charge is 0.454 e. The molecule has 0 aliphatic heterocycles. The van der Waals surface area contributed by atoms with Crippen LogP contribution in [0.25, 0.3) is 11.0 Å². The Balaban J connectivity index is 1.58. The van der Waals surface area contributed by atoms with E-state index in [4.69, 9.17) is 4.74 Å². The van der Waals surface area contributed by atoms with Gasteiger partial charge in [-0.1, -0.05) is 13.0 Å². The first kappa shape index (κ1) is 21.6. The van der Waals surface area contributed by atoms with Crippen LogP contribution < -0.4 is 4.72 Å². The molecule has 1 fully saturated rings. The Labute approximate surface area is 173 Å². The molecule has 11 heteroatoms. The first-order valence-electron chi connectivity index (χ1n) is 9.50. The van der Waals surface area contributed by atoms with E-state index in [0.717, 1.165) is 31.0 Å². The Morgan fingerprint density at radius 2 is 2.10 bits per heavy atom. The van der Waals surface area contributed by atoms with Gasteiger partial charge in [-0.15, -0.1) is 0 Å². The highest BCUT2D eigenvalue weighted by Gasteiger charge is 2.29. The monoisotopic (exact) mass is 440 g/mol. The highest BCUT2D eigenvalue weighted by molar-refractivity contribution is 7.89. The average Bonchev–Trinajstić information content (AvgIpc) is 3.37. The van der Waals surface area contributed by atoms with Crippen molar-refractivity contribution >= 4 is 44.7 Å². The molecule has 0 unspecified atom stereocenters. The van der Waals surface area contributed by atoms with Gasteiger partial charge < -0.3 is 9.64 Å². The van der Waals surface area contributed by atoms with Crippen LogP contribution in [-0.2, 0) is 24.3 Å². The lowest BCUT2D eigenvalue weighted by molar-refractivity contribution is -0.153. The van der Waals surface area contributed by atoms with Gasteiger partial charge in [-0.3, -0.25) is 9.59 Å². The molecule has 1 atom stereocenters. The van der Waals surface area contributed by atoms with Crippen molar-refractivity contribution in [3.05, 3.63) is 18.2 Å². The summed E-state index contributed by atoms with van der Waals surface area (Å²) in [7, 11) is -4.01. The summed E-state index contributed by atoms with van der Waals surface area (Å²) in [6, 6.07) is 3.46. The number of nitrogens with one attached hydrogen (secondary N) is 1. The minimum atomic E-state index is -4.01. The number of fused-ring (bicyclic) bond motifs is 1. The summed E-state index contributed by atoms with van der Waals surface area (Å²) in [6.45, 7) is 4.24. The molecule has 1 aromatic heterocycles. The Hall–Kier alpha value is -2.11. The van der Waals surface area contributed by atoms with Crippen molar-refractivity contribution in [1.82, 2.24) is 18.4 Å². The molecule has 0 bridgehead atoms. The lowest BCUT2D eigenvalue weighted by Gasteiger charge is -2.22. The molecule has 29 heavy (non-hydrogen) atoms. The van der Waals surface area contributed by atoms with Crippen LogP contribution in [0.2, 0.25) is 0 Å². The van der Waals surface area contributed by atoms with E-state index in [1.807, 2.05) is 6.92 Å². The standard InChI is InChI=1S/C18H24N4O5S2/c1-3-9-22(10-13-7-8-13)16(23)11-27-18(24)12(2)21-29(25,26)15-6-4-5-14-17(15)20-28-19-14/h4-6,12-13,21H,3,7-11H2,1-2H3/t12-/m0/s1. The fraction of sp³-hybridized carbons (Fsp3) is 0.556. The maximum absolute atomic E-state index is 12.7. The number of carbonyl (C=O) groups is 2. The zero-order valence-corrected chi connectivity index (χ0v) is 18.0. The van der Waals surface area contributed by atoms with Gasteiger partial charge in [-0.25, -0.2) is 8.42 Å². The molecule has 1 amide bonds. The molecule has 0 radical (unpaired) electrons. The number of hydrogen-bond acceptors (Lipinski definition) is 8. The van der Waals surface area contributed by atoms with Crippen LogP contribution in [0.3, 0.4) is 0 Å². The fourth-order valence-electron chi connectivity index (χ4n) is 2.89. The molecule has 1 aliphatic carbocycles. The molecule has 1 saturated carbocycles. The van der Waals surface area contributed by atoms with Gasteiger partial charge in [-0.2, -0.15) is 13.5 Å². The van der Waals surface area contributed by atoms with Crippen LogP contribution in [0.5, 0.6) is 0 Å². The maximum Gasteiger partial charge on any atom is 0.324 e. The number of rotatable bonds is 10. The molecular weight excluding hydrogens is 416 g/mol. The van der Waals surface area contributed by atoms with Crippen LogP contribution in [0.1, 0.15) is 33.1 Å². The predicted molar refractivity (Wildman–Crippen MR) is 108 cm³/mol. The van der Waals surface area contributed by atoms with Crippen LogP contribution >= 0.6 is 11.7 Å². The molecule has 3 rings (SSSR count). The second-order valence-electron chi connectivity index (χ2n) is 7.12. The molecule has 1 aromatic carbocycles. The molecule has 2 aromatic rings. The van der Waals surface area contributed by atoms with Crippen LogP contribution in [0.4, 0.5) is 0 Å². The minimum Gasteiger partial charge on any atom is -0.454 e. The average molecular weight is 441 g/mol. The summed E-state index contributed by atoms with van der Waals surface area (Å²) in [5.41, 5.74) is 0.710. The van der Waals surface area contributed by atoms with Crippen LogP contribution in [0, 0.1) is 5.92 Å². The molecule has 1 heterocycles. The third kappa shape index (κ3) is 5.49. The van der Waals surface area contributed by atoms with Gasteiger partial charge in [0.25, 0.3) is 5.91 Å². The highest BCUT2D eigenvalue weighted by atomic mass is 32.2. The number of sulfonamides is 1. The predicted octanol–water partition coefficient (Wildman–Crippen LogP) is 1.55. The number of amides is 1. The number of benzene rings is 1. The van der Waals surface area contributed by atoms with Gasteiger partial charge in [0, 0.05) is 13.1 Å². The summed E-state index contributed by atoms with van der Waals surface area (Å²) in [5.74, 6) is -0.538. The van der Waals surface area contributed by atoms with Crippen LogP contribution in [-0.4, -0.2) is 59.7 Å².